The van der Waals surface area contributed by atoms with Crippen LogP contribution in [0.25, 0.3) is 0 Å². The predicted molar refractivity (Wildman–Crippen MR) is 78.4 cm³/mol. The first-order chi connectivity index (χ1) is 8.84. The van der Waals surface area contributed by atoms with Crippen LogP contribution >= 0.6 is 0 Å². The molecule has 0 aromatic heterocycles. The summed E-state index contributed by atoms with van der Waals surface area (Å²) in [6.07, 6.45) is 1.81. The molecule has 0 aliphatic carbocycles. The topological polar surface area (TPSA) is 63.4 Å². The molecule has 0 radical (unpaired) electrons. The normalized spacial score (nSPS) is 13.8. The molecule has 1 atom stereocenters. The Morgan fingerprint density at radius 3 is 2.53 bits per heavy atom. The second-order valence-electron chi connectivity index (χ2n) is 4.95. The predicted octanol–water partition coefficient (Wildman–Crippen LogP) is 2.26. The molecule has 1 unspecified atom stereocenters. The van der Waals surface area contributed by atoms with Gasteiger partial charge in [0.1, 0.15) is 0 Å². The molecule has 4 nitrogen and oxygen atoms in total. The molecule has 0 heterocycles. The Bertz CT molecular complexity index is 526. The third-order valence-corrected chi connectivity index (χ3v) is 5.51. The SMILES string of the molecule is CCCC(C)N(C)S(=O)(=O)c1ccc(C)c(CN)c1. The number of sulfonamides is 1. The van der Waals surface area contributed by atoms with E-state index < -0.39 is 10.0 Å². The van der Waals surface area contributed by atoms with Gasteiger partial charge in [-0.2, -0.15) is 4.31 Å². The number of hydrogen-bond donors (Lipinski definition) is 1. The van der Waals surface area contributed by atoms with Crippen LogP contribution in [0.15, 0.2) is 23.1 Å². The highest BCUT2D eigenvalue weighted by atomic mass is 32.2. The van der Waals surface area contributed by atoms with Gasteiger partial charge >= 0.3 is 0 Å². The molecule has 0 amide bonds. The Balaban J connectivity index is 3.13. The van der Waals surface area contributed by atoms with Crippen LogP contribution in [0.3, 0.4) is 0 Å². The van der Waals surface area contributed by atoms with Gasteiger partial charge in [0.2, 0.25) is 10.0 Å². The molecular weight excluding hydrogens is 260 g/mol. The molecular formula is C14H24N2O2S. The van der Waals surface area contributed by atoms with Crippen molar-refractivity contribution in [1.82, 2.24) is 4.31 Å². The molecule has 2 N–H and O–H groups in total. The number of rotatable bonds is 6. The molecule has 0 fully saturated rings. The van der Waals surface area contributed by atoms with E-state index in [1.54, 1.807) is 19.2 Å². The minimum absolute atomic E-state index is 0.00219. The van der Waals surface area contributed by atoms with E-state index in [-0.39, 0.29) is 6.04 Å². The lowest BCUT2D eigenvalue weighted by atomic mass is 10.1. The van der Waals surface area contributed by atoms with Gasteiger partial charge in [0.05, 0.1) is 4.90 Å². The van der Waals surface area contributed by atoms with Crippen LogP contribution in [0.5, 0.6) is 0 Å². The molecule has 0 aliphatic rings. The van der Waals surface area contributed by atoms with Crippen LogP contribution < -0.4 is 5.73 Å². The number of nitrogens with two attached hydrogens (primary N) is 1. The average molecular weight is 284 g/mol. The maximum atomic E-state index is 12.5. The summed E-state index contributed by atoms with van der Waals surface area (Å²) in [5.41, 5.74) is 7.53. The summed E-state index contributed by atoms with van der Waals surface area (Å²) in [7, 11) is -1.80. The highest BCUT2D eigenvalue weighted by Gasteiger charge is 2.25. The second-order valence-corrected chi connectivity index (χ2v) is 6.95. The van der Waals surface area contributed by atoms with Crippen LogP contribution in [0.4, 0.5) is 0 Å². The Labute approximate surface area is 116 Å². The highest BCUT2D eigenvalue weighted by molar-refractivity contribution is 7.89. The van der Waals surface area contributed by atoms with Gasteiger partial charge in [0.15, 0.2) is 0 Å². The molecule has 19 heavy (non-hydrogen) atoms. The van der Waals surface area contributed by atoms with Crippen molar-refractivity contribution in [2.24, 2.45) is 5.73 Å². The molecule has 1 aromatic carbocycles. The molecule has 0 spiro atoms. The molecule has 1 aromatic rings. The average Bonchev–Trinajstić information content (AvgIpc) is 2.38. The fraction of sp³-hybridized carbons (Fsp3) is 0.571. The van der Waals surface area contributed by atoms with E-state index in [0.29, 0.717) is 11.4 Å². The van der Waals surface area contributed by atoms with Crippen molar-refractivity contribution in [2.75, 3.05) is 7.05 Å². The molecule has 0 saturated carbocycles. The fourth-order valence-corrected chi connectivity index (χ4v) is 3.47. The minimum atomic E-state index is -3.43. The lowest BCUT2D eigenvalue weighted by Crippen LogP contribution is -2.35. The minimum Gasteiger partial charge on any atom is -0.326 e. The van der Waals surface area contributed by atoms with Crippen molar-refractivity contribution in [2.45, 2.75) is 51.1 Å². The highest BCUT2D eigenvalue weighted by Crippen LogP contribution is 2.21. The van der Waals surface area contributed by atoms with Crippen LogP contribution in [0, 0.1) is 6.92 Å². The third kappa shape index (κ3) is 3.55. The van der Waals surface area contributed by atoms with Gasteiger partial charge in [-0.05, 0) is 43.5 Å². The number of benzene rings is 1. The molecule has 108 valence electrons. The smallest absolute Gasteiger partial charge is 0.243 e. The monoisotopic (exact) mass is 284 g/mol. The van der Waals surface area contributed by atoms with E-state index in [2.05, 4.69) is 6.92 Å². The van der Waals surface area contributed by atoms with Crippen molar-refractivity contribution >= 4 is 10.0 Å². The summed E-state index contributed by atoms with van der Waals surface area (Å²) >= 11 is 0. The quantitative estimate of drug-likeness (QED) is 0.871. The zero-order chi connectivity index (χ0) is 14.6. The largest absolute Gasteiger partial charge is 0.326 e. The van der Waals surface area contributed by atoms with Crippen LogP contribution in [0.2, 0.25) is 0 Å². The summed E-state index contributed by atoms with van der Waals surface area (Å²) in [6.45, 7) is 6.26. The fourth-order valence-electron chi connectivity index (χ4n) is 2.03. The molecule has 0 saturated heterocycles. The summed E-state index contributed by atoms with van der Waals surface area (Å²) in [5, 5.41) is 0. The van der Waals surface area contributed by atoms with Crippen LogP contribution in [-0.2, 0) is 16.6 Å². The zero-order valence-corrected chi connectivity index (χ0v) is 13.0. The molecule has 5 heteroatoms. The maximum Gasteiger partial charge on any atom is 0.243 e. The second kappa shape index (κ2) is 6.50. The Morgan fingerprint density at radius 1 is 1.37 bits per heavy atom. The standard InChI is InChI=1S/C14H24N2O2S/c1-5-6-12(3)16(4)19(17,18)14-8-7-11(2)13(9-14)10-15/h7-9,12H,5-6,10,15H2,1-4H3. The Kier molecular flexibility index (Phi) is 5.52. The van der Waals surface area contributed by atoms with Crippen LogP contribution in [-0.4, -0.2) is 25.8 Å². The lowest BCUT2D eigenvalue weighted by molar-refractivity contribution is 0.368. The van der Waals surface area contributed by atoms with Gasteiger partial charge in [0, 0.05) is 19.6 Å². The van der Waals surface area contributed by atoms with Gasteiger partial charge in [-0.3, -0.25) is 0 Å². The lowest BCUT2D eigenvalue weighted by Gasteiger charge is -2.24. The van der Waals surface area contributed by atoms with Gasteiger partial charge in [-0.25, -0.2) is 8.42 Å². The van der Waals surface area contributed by atoms with Crippen molar-refractivity contribution in [3.63, 3.8) is 0 Å². The molecule has 0 aliphatic heterocycles. The summed E-state index contributed by atoms with van der Waals surface area (Å²) in [4.78, 5) is 0.323. The van der Waals surface area contributed by atoms with Gasteiger partial charge in [0.25, 0.3) is 0 Å². The number of aryl methyl sites for hydroxylation is 1. The van der Waals surface area contributed by atoms with Crippen molar-refractivity contribution in [3.05, 3.63) is 29.3 Å². The van der Waals surface area contributed by atoms with Crippen molar-refractivity contribution in [1.29, 1.82) is 0 Å². The summed E-state index contributed by atoms with van der Waals surface area (Å²) < 4.78 is 26.5. The van der Waals surface area contributed by atoms with Crippen molar-refractivity contribution in [3.8, 4) is 0 Å². The van der Waals surface area contributed by atoms with E-state index in [1.165, 1.54) is 4.31 Å². The molecule has 0 bridgehead atoms. The first-order valence-electron chi connectivity index (χ1n) is 6.62. The van der Waals surface area contributed by atoms with Gasteiger partial charge in [-0.15, -0.1) is 0 Å². The van der Waals surface area contributed by atoms with E-state index in [4.69, 9.17) is 5.73 Å². The van der Waals surface area contributed by atoms with E-state index in [0.717, 1.165) is 24.0 Å². The maximum absolute atomic E-state index is 12.5. The van der Waals surface area contributed by atoms with Gasteiger partial charge in [-0.1, -0.05) is 19.4 Å². The first-order valence-corrected chi connectivity index (χ1v) is 8.06. The molecule has 1 rings (SSSR count). The van der Waals surface area contributed by atoms with Gasteiger partial charge < -0.3 is 5.73 Å². The third-order valence-electron chi connectivity index (χ3n) is 3.54. The number of nitrogens with zero attached hydrogens (tertiary/aromatic N) is 1. The van der Waals surface area contributed by atoms with E-state index >= 15 is 0 Å². The Hall–Kier alpha value is -0.910. The number of hydrogen-bond acceptors (Lipinski definition) is 3. The Morgan fingerprint density at radius 2 is 2.00 bits per heavy atom. The van der Waals surface area contributed by atoms with Crippen molar-refractivity contribution < 1.29 is 8.42 Å². The van der Waals surface area contributed by atoms with E-state index in [1.807, 2.05) is 19.9 Å². The summed E-state index contributed by atoms with van der Waals surface area (Å²) in [6, 6.07) is 5.14. The van der Waals surface area contributed by atoms with Crippen LogP contribution in [0.1, 0.15) is 37.8 Å². The zero-order valence-electron chi connectivity index (χ0n) is 12.2. The summed E-state index contributed by atoms with van der Waals surface area (Å²) in [5.74, 6) is 0. The first kappa shape index (κ1) is 16.1. The van der Waals surface area contributed by atoms with E-state index in [9.17, 15) is 8.42 Å².